The van der Waals surface area contributed by atoms with Gasteiger partial charge in [0, 0.05) is 11.8 Å². The smallest absolute Gasteiger partial charge is 0.326 e. The molecule has 1 aromatic carbocycles. The highest BCUT2D eigenvalue weighted by molar-refractivity contribution is 9.10. The van der Waals surface area contributed by atoms with Gasteiger partial charge in [-0.2, -0.15) is 0 Å². The highest BCUT2D eigenvalue weighted by Gasteiger charge is 2.23. The minimum absolute atomic E-state index is 0.190. The maximum atomic E-state index is 11.7. The van der Waals surface area contributed by atoms with Crippen LogP contribution in [0.1, 0.15) is 13.8 Å². The highest BCUT2D eigenvalue weighted by atomic mass is 79.9. The number of anilines is 1. The van der Waals surface area contributed by atoms with Gasteiger partial charge < -0.3 is 15.7 Å². The van der Waals surface area contributed by atoms with E-state index in [2.05, 4.69) is 26.6 Å². The fourth-order valence-corrected chi connectivity index (χ4v) is 1.94. The van der Waals surface area contributed by atoms with E-state index in [0.29, 0.717) is 0 Å². The molecule has 0 aliphatic carbocycles. The zero-order valence-electron chi connectivity index (χ0n) is 11.3. The van der Waals surface area contributed by atoms with Crippen LogP contribution in [0.2, 0.25) is 0 Å². The summed E-state index contributed by atoms with van der Waals surface area (Å²) in [6, 6.07) is 2.27. The molecule has 0 saturated heterocycles. The number of carbonyl (C=O) groups excluding carboxylic acids is 1. The lowest BCUT2D eigenvalue weighted by atomic mass is 10.1. The maximum absolute atomic E-state index is 11.7. The summed E-state index contributed by atoms with van der Waals surface area (Å²) in [6.07, 6.45) is 0. The van der Waals surface area contributed by atoms with Crippen molar-refractivity contribution in [1.29, 1.82) is 0 Å². The number of carboxylic acid groups (broad SMARTS) is 1. The number of nitro benzene ring substituents is 1. The Morgan fingerprint density at radius 2 is 2.00 bits per heavy atom. The molecule has 0 radical (unpaired) electrons. The topological polar surface area (TPSA) is 122 Å². The molecule has 0 fully saturated rings. The molecule has 0 heterocycles. The van der Waals surface area contributed by atoms with Gasteiger partial charge in [0.2, 0.25) is 0 Å². The predicted molar refractivity (Wildman–Crippen MR) is 79.2 cm³/mol. The zero-order chi connectivity index (χ0) is 16.2. The number of benzene rings is 1. The second-order valence-electron chi connectivity index (χ2n) is 4.58. The molecule has 0 bridgehead atoms. The molecule has 114 valence electrons. The molecule has 0 unspecified atom stereocenters. The molecule has 0 spiro atoms. The number of carboxylic acids is 1. The molecule has 0 aliphatic rings. The van der Waals surface area contributed by atoms with Crippen LogP contribution in [-0.4, -0.2) is 28.1 Å². The first-order valence-electron chi connectivity index (χ1n) is 5.96. The van der Waals surface area contributed by atoms with Gasteiger partial charge in [0.05, 0.1) is 9.40 Å². The Balaban J connectivity index is 2.82. The van der Waals surface area contributed by atoms with Crippen LogP contribution in [0.4, 0.5) is 16.2 Å². The molecule has 0 saturated carbocycles. The second-order valence-corrected chi connectivity index (χ2v) is 5.44. The van der Waals surface area contributed by atoms with E-state index in [-0.39, 0.29) is 21.8 Å². The van der Waals surface area contributed by atoms with Gasteiger partial charge in [0.1, 0.15) is 6.04 Å². The number of rotatable bonds is 5. The van der Waals surface area contributed by atoms with Crippen LogP contribution in [0, 0.1) is 16.0 Å². The number of aliphatic carboxylic acids is 1. The van der Waals surface area contributed by atoms with Crippen LogP contribution in [0.5, 0.6) is 0 Å². The summed E-state index contributed by atoms with van der Waals surface area (Å²) in [5.41, 5.74) is -0.0123. The van der Waals surface area contributed by atoms with Crippen LogP contribution in [0.25, 0.3) is 0 Å². The lowest BCUT2D eigenvalue weighted by Crippen LogP contribution is -2.46. The van der Waals surface area contributed by atoms with Crippen molar-refractivity contribution < 1.29 is 19.6 Å². The van der Waals surface area contributed by atoms with E-state index >= 15 is 0 Å². The van der Waals surface area contributed by atoms with Crippen molar-refractivity contribution in [2.45, 2.75) is 19.9 Å². The Morgan fingerprint density at radius 3 is 2.48 bits per heavy atom. The quantitative estimate of drug-likeness (QED) is 0.550. The van der Waals surface area contributed by atoms with E-state index in [1.807, 2.05) is 0 Å². The summed E-state index contributed by atoms with van der Waals surface area (Å²) in [5, 5.41) is 24.4. The van der Waals surface area contributed by atoms with Crippen LogP contribution >= 0.6 is 15.9 Å². The third-order valence-corrected chi connectivity index (χ3v) is 3.29. The van der Waals surface area contributed by atoms with Gasteiger partial charge in [0.15, 0.2) is 0 Å². The van der Waals surface area contributed by atoms with E-state index in [9.17, 15) is 19.7 Å². The standard InChI is InChI=1S/C12H14BrN3O5/c1-6(2)10(11(17)18)15-12(19)14-7-3-4-8(13)9(5-7)16(20)21/h3-6,10H,1-2H3,(H,17,18)(H2,14,15,19)/t10-/m1/s1. The normalized spacial score (nSPS) is 11.8. The maximum Gasteiger partial charge on any atom is 0.326 e. The van der Waals surface area contributed by atoms with Gasteiger partial charge in [-0.05, 0) is 34.0 Å². The Kier molecular flexibility index (Phi) is 5.65. The Labute approximate surface area is 128 Å². The largest absolute Gasteiger partial charge is 0.480 e. The first kappa shape index (κ1) is 16.9. The molecule has 0 aliphatic heterocycles. The van der Waals surface area contributed by atoms with E-state index in [1.54, 1.807) is 13.8 Å². The first-order chi connectivity index (χ1) is 9.72. The summed E-state index contributed by atoms with van der Waals surface area (Å²) in [5.74, 6) is -1.45. The molecule has 1 aromatic rings. The molecular formula is C12H14BrN3O5. The van der Waals surface area contributed by atoms with Crippen molar-refractivity contribution in [3.05, 3.63) is 32.8 Å². The molecule has 2 amide bonds. The van der Waals surface area contributed by atoms with E-state index in [4.69, 9.17) is 5.11 Å². The Bertz CT molecular complexity index is 576. The first-order valence-corrected chi connectivity index (χ1v) is 6.76. The number of hydrogen-bond donors (Lipinski definition) is 3. The van der Waals surface area contributed by atoms with Gasteiger partial charge in [0.25, 0.3) is 5.69 Å². The number of urea groups is 1. The van der Waals surface area contributed by atoms with Gasteiger partial charge in [-0.1, -0.05) is 13.8 Å². The van der Waals surface area contributed by atoms with Gasteiger partial charge in [-0.25, -0.2) is 9.59 Å². The van der Waals surface area contributed by atoms with Gasteiger partial charge >= 0.3 is 12.0 Å². The van der Waals surface area contributed by atoms with Crippen LogP contribution < -0.4 is 10.6 Å². The average Bonchev–Trinajstić information content (AvgIpc) is 2.37. The van der Waals surface area contributed by atoms with Crippen molar-refractivity contribution >= 4 is 39.3 Å². The minimum atomic E-state index is -1.15. The minimum Gasteiger partial charge on any atom is -0.480 e. The third-order valence-electron chi connectivity index (χ3n) is 2.62. The van der Waals surface area contributed by atoms with Crippen molar-refractivity contribution in [1.82, 2.24) is 5.32 Å². The number of hydrogen-bond acceptors (Lipinski definition) is 4. The fraction of sp³-hybridized carbons (Fsp3) is 0.333. The van der Waals surface area contributed by atoms with Crippen molar-refractivity contribution in [2.24, 2.45) is 5.92 Å². The zero-order valence-corrected chi connectivity index (χ0v) is 12.9. The summed E-state index contributed by atoms with van der Waals surface area (Å²) in [4.78, 5) is 32.9. The van der Waals surface area contributed by atoms with Crippen LogP contribution in [0.3, 0.4) is 0 Å². The number of halogens is 1. The lowest BCUT2D eigenvalue weighted by Gasteiger charge is -2.18. The van der Waals surface area contributed by atoms with Crippen molar-refractivity contribution in [2.75, 3.05) is 5.32 Å². The Hall–Kier alpha value is -2.16. The summed E-state index contributed by atoms with van der Waals surface area (Å²) in [6.45, 7) is 3.31. The number of nitro groups is 1. The molecule has 8 nitrogen and oxygen atoms in total. The van der Waals surface area contributed by atoms with E-state index in [1.165, 1.54) is 18.2 Å². The molecule has 3 N–H and O–H groups in total. The van der Waals surface area contributed by atoms with Crippen LogP contribution in [-0.2, 0) is 4.79 Å². The Morgan fingerprint density at radius 1 is 1.38 bits per heavy atom. The van der Waals surface area contributed by atoms with Gasteiger partial charge in [-0.3, -0.25) is 10.1 Å². The fourth-order valence-electron chi connectivity index (χ4n) is 1.55. The van der Waals surface area contributed by atoms with Crippen molar-refractivity contribution in [3.63, 3.8) is 0 Å². The molecular weight excluding hydrogens is 346 g/mol. The summed E-state index contributed by atoms with van der Waals surface area (Å²) in [7, 11) is 0. The molecule has 21 heavy (non-hydrogen) atoms. The van der Waals surface area contributed by atoms with E-state index < -0.39 is 23.0 Å². The number of carbonyl (C=O) groups is 2. The highest BCUT2D eigenvalue weighted by Crippen LogP contribution is 2.27. The van der Waals surface area contributed by atoms with Crippen LogP contribution in [0.15, 0.2) is 22.7 Å². The number of nitrogens with one attached hydrogen (secondary N) is 2. The van der Waals surface area contributed by atoms with Crippen molar-refractivity contribution in [3.8, 4) is 0 Å². The summed E-state index contributed by atoms with van der Waals surface area (Å²) >= 11 is 3.03. The van der Waals surface area contributed by atoms with E-state index in [0.717, 1.165) is 0 Å². The molecule has 1 rings (SSSR count). The molecule has 0 aromatic heterocycles. The monoisotopic (exact) mass is 359 g/mol. The predicted octanol–water partition coefficient (Wildman–Crippen LogP) is 2.59. The second kappa shape index (κ2) is 7.02. The average molecular weight is 360 g/mol. The molecule has 9 heteroatoms. The SMILES string of the molecule is CC(C)[C@@H](NC(=O)Nc1ccc(Br)c([N+](=O)[O-])c1)C(=O)O. The molecule has 1 atom stereocenters. The summed E-state index contributed by atoms with van der Waals surface area (Å²) < 4.78 is 0.282. The number of amides is 2. The van der Waals surface area contributed by atoms with Gasteiger partial charge in [-0.15, -0.1) is 0 Å². The number of nitrogens with zero attached hydrogens (tertiary/aromatic N) is 1. The third kappa shape index (κ3) is 4.71. The lowest BCUT2D eigenvalue weighted by molar-refractivity contribution is -0.385.